The molecule has 50 valence electrons. The summed E-state index contributed by atoms with van der Waals surface area (Å²) in [5.74, 6) is 0.248. The number of hydrogen-bond donors (Lipinski definition) is 1. The van der Waals surface area contributed by atoms with Crippen LogP contribution in [0, 0.1) is 0 Å². The maximum Gasteiger partial charge on any atom is 0.152 e. The van der Waals surface area contributed by atoms with E-state index in [4.69, 9.17) is 9.84 Å². The van der Waals surface area contributed by atoms with Crippen molar-refractivity contribution in [2.45, 2.75) is 12.5 Å². The maximum absolute atomic E-state index is 10.0. The van der Waals surface area contributed by atoms with E-state index in [9.17, 15) is 4.79 Å². The maximum atomic E-state index is 10.0. The Bertz CT molecular complexity index is 139. The zero-order chi connectivity index (χ0) is 6.69. The quantitative estimate of drug-likeness (QED) is 0.520. The van der Waals surface area contributed by atoms with Crippen LogP contribution in [0.5, 0.6) is 0 Å². The highest BCUT2D eigenvalue weighted by Gasteiger charge is 2.10. The minimum absolute atomic E-state index is 0.248. The van der Waals surface area contributed by atoms with Crippen molar-refractivity contribution in [2.75, 3.05) is 6.61 Å². The molecule has 9 heavy (non-hydrogen) atoms. The molecule has 0 fully saturated rings. The van der Waals surface area contributed by atoms with E-state index in [2.05, 4.69) is 0 Å². The molecule has 3 heteroatoms. The smallest absolute Gasteiger partial charge is 0.152 e. The molecule has 0 saturated carbocycles. The zero-order valence-corrected chi connectivity index (χ0v) is 4.91. The van der Waals surface area contributed by atoms with Crippen molar-refractivity contribution in [3.8, 4) is 0 Å². The Morgan fingerprint density at radius 2 is 2.67 bits per heavy atom. The lowest BCUT2D eigenvalue weighted by molar-refractivity contribution is -0.116. The molecule has 0 saturated heterocycles. The van der Waals surface area contributed by atoms with Gasteiger partial charge >= 0.3 is 0 Å². The van der Waals surface area contributed by atoms with Crippen molar-refractivity contribution >= 4 is 6.29 Å². The Morgan fingerprint density at radius 1 is 1.89 bits per heavy atom. The lowest BCUT2D eigenvalue weighted by atomic mass is 10.2. The number of carbonyl (C=O) groups is 1. The summed E-state index contributed by atoms with van der Waals surface area (Å²) in [6.07, 6.45) is 2.06. The van der Waals surface area contributed by atoms with Crippen molar-refractivity contribution in [2.24, 2.45) is 0 Å². The second kappa shape index (κ2) is 2.64. The summed E-state index contributed by atoms with van der Waals surface area (Å²) in [5.41, 5.74) is 0. The van der Waals surface area contributed by atoms with Gasteiger partial charge in [-0.2, -0.15) is 0 Å². The minimum Gasteiger partial charge on any atom is -0.512 e. The average molecular weight is 128 g/mol. The Balaban J connectivity index is 2.56. The molecule has 1 N–H and O–H groups in total. The summed E-state index contributed by atoms with van der Waals surface area (Å²) in [6, 6.07) is 0. The van der Waals surface area contributed by atoms with E-state index in [-0.39, 0.29) is 5.76 Å². The van der Waals surface area contributed by atoms with E-state index in [0.717, 1.165) is 0 Å². The van der Waals surface area contributed by atoms with Crippen LogP contribution in [0.3, 0.4) is 0 Å². The first-order valence-electron chi connectivity index (χ1n) is 2.79. The van der Waals surface area contributed by atoms with Gasteiger partial charge in [-0.15, -0.1) is 0 Å². The number of ether oxygens (including phenoxy) is 1. The van der Waals surface area contributed by atoms with Gasteiger partial charge in [0.2, 0.25) is 0 Å². The Hall–Kier alpha value is -0.830. The van der Waals surface area contributed by atoms with Crippen molar-refractivity contribution < 1.29 is 14.6 Å². The van der Waals surface area contributed by atoms with E-state index in [1.807, 2.05) is 0 Å². The molecule has 1 aliphatic rings. The topological polar surface area (TPSA) is 46.5 Å². The predicted octanol–water partition coefficient (Wildman–Crippen LogP) is 0.416. The van der Waals surface area contributed by atoms with Crippen molar-refractivity contribution in [3.05, 3.63) is 11.8 Å². The van der Waals surface area contributed by atoms with Gasteiger partial charge in [0.15, 0.2) is 6.29 Å². The van der Waals surface area contributed by atoms with Crippen LogP contribution in [0.15, 0.2) is 11.8 Å². The van der Waals surface area contributed by atoms with Crippen LogP contribution in [-0.2, 0) is 9.53 Å². The molecule has 1 unspecified atom stereocenters. The van der Waals surface area contributed by atoms with Crippen molar-refractivity contribution in [1.82, 2.24) is 0 Å². The summed E-state index contributed by atoms with van der Waals surface area (Å²) < 4.78 is 4.89. The summed E-state index contributed by atoms with van der Waals surface area (Å²) >= 11 is 0. The molecule has 0 aromatic rings. The first-order valence-corrected chi connectivity index (χ1v) is 2.79. The first kappa shape index (κ1) is 6.29. The first-order chi connectivity index (χ1) is 4.33. The van der Waals surface area contributed by atoms with Crippen LogP contribution >= 0.6 is 0 Å². The SMILES string of the molecule is O=CC1C=C(O)CCO1. The van der Waals surface area contributed by atoms with Gasteiger partial charge in [-0.25, -0.2) is 0 Å². The Morgan fingerprint density at radius 3 is 3.11 bits per heavy atom. The van der Waals surface area contributed by atoms with Gasteiger partial charge in [-0.1, -0.05) is 0 Å². The van der Waals surface area contributed by atoms with Crippen LogP contribution < -0.4 is 0 Å². The van der Waals surface area contributed by atoms with Gasteiger partial charge in [0.1, 0.15) is 6.10 Å². The van der Waals surface area contributed by atoms with Gasteiger partial charge < -0.3 is 14.6 Å². The second-order valence-electron chi connectivity index (χ2n) is 1.88. The third-order valence-electron chi connectivity index (χ3n) is 1.16. The number of aldehydes is 1. The number of rotatable bonds is 1. The Kier molecular flexibility index (Phi) is 1.85. The van der Waals surface area contributed by atoms with Crippen molar-refractivity contribution in [1.29, 1.82) is 0 Å². The van der Waals surface area contributed by atoms with Crippen molar-refractivity contribution in [3.63, 3.8) is 0 Å². The highest BCUT2D eigenvalue weighted by atomic mass is 16.5. The molecular formula is C6H8O3. The van der Waals surface area contributed by atoms with Crippen LogP contribution in [-0.4, -0.2) is 24.1 Å². The van der Waals surface area contributed by atoms with E-state index in [1.54, 1.807) is 0 Å². The molecule has 0 radical (unpaired) electrons. The van der Waals surface area contributed by atoms with Crippen LogP contribution in [0.4, 0.5) is 0 Å². The number of aliphatic hydroxyl groups is 1. The van der Waals surface area contributed by atoms with E-state index in [1.165, 1.54) is 6.08 Å². The van der Waals surface area contributed by atoms with Gasteiger partial charge in [-0.05, 0) is 6.08 Å². The number of hydrogen-bond acceptors (Lipinski definition) is 3. The molecule has 0 bridgehead atoms. The normalized spacial score (nSPS) is 27.1. The highest BCUT2D eigenvalue weighted by Crippen LogP contribution is 2.07. The largest absolute Gasteiger partial charge is 0.512 e. The fourth-order valence-electron chi connectivity index (χ4n) is 0.699. The molecule has 0 aromatic heterocycles. The molecule has 1 rings (SSSR count). The van der Waals surface area contributed by atoms with Gasteiger partial charge in [0.05, 0.1) is 12.4 Å². The van der Waals surface area contributed by atoms with E-state index in [0.29, 0.717) is 19.3 Å². The lowest BCUT2D eigenvalue weighted by Crippen LogP contribution is -2.17. The van der Waals surface area contributed by atoms with E-state index >= 15 is 0 Å². The molecule has 0 aromatic carbocycles. The molecule has 1 aliphatic heterocycles. The van der Waals surface area contributed by atoms with E-state index < -0.39 is 6.10 Å². The summed E-state index contributed by atoms with van der Waals surface area (Å²) in [6.45, 7) is 0.436. The van der Waals surface area contributed by atoms with Crippen LogP contribution in [0.2, 0.25) is 0 Å². The fourth-order valence-corrected chi connectivity index (χ4v) is 0.699. The Labute approximate surface area is 52.9 Å². The average Bonchev–Trinajstić information content (AvgIpc) is 1.88. The number of aliphatic hydroxyl groups excluding tert-OH is 1. The standard InChI is InChI=1S/C6H8O3/c7-4-6-3-5(8)1-2-9-6/h3-4,6,8H,1-2H2. The molecule has 0 spiro atoms. The zero-order valence-electron chi connectivity index (χ0n) is 4.91. The second-order valence-corrected chi connectivity index (χ2v) is 1.88. The van der Waals surface area contributed by atoms with Gasteiger partial charge in [-0.3, -0.25) is 0 Å². The predicted molar refractivity (Wildman–Crippen MR) is 31.1 cm³/mol. The fraction of sp³-hybridized carbons (Fsp3) is 0.500. The summed E-state index contributed by atoms with van der Waals surface area (Å²) in [5, 5.41) is 8.83. The summed E-state index contributed by atoms with van der Waals surface area (Å²) in [7, 11) is 0. The van der Waals surface area contributed by atoms with Crippen LogP contribution in [0.1, 0.15) is 6.42 Å². The molecule has 3 nitrogen and oxygen atoms in total. The van der Waals surface area contributed by atoms with Gasteiger partial charge in [0, 0.05) is 6.42 Å². The lowest BCUT2D eigenvalue weighted by Gasteiger charge is -2.13. The van der Waals surface area contributed by atoms with Gasteiger partial charge in [0.25, 0.3) is 0 Å². The third kappa shape index (κ3) is 1.54. The summed E-state index contributed by atoms with van der Waals surface area (Å²) in [4.78, 5) is 10.0. The van der Waals surface area contributed by atoms with Crippen LogP contribution in [0.25, 0.3) is 0 Å². The molecule has 0 aliphatic carbocycles. The number of carbonyl (C=O) groups excluding carboxylic acids is 1. The molecule has 0 amide bonds. The molecule has 1 heterocycles. The monoisotopic (exact) mass is 128 g/mol. The highest BCUT2D eigenvalue weighted by molar-refractivity contribution is 5.59. The molecule has 1 atom stereocenters. The molecular weight excluding hydrogens is 120 g/mol. The third-order valence-corrected chi connectivity index (χ3v) is 1.16. The minimum atomic E-state index is -0.529.